The number of hydrogen-bond acceptors (Lipinski definition) is 4. The molecule has 0 aromatic heterocycles. The van der Waals surface area contributed by atoms with Crippen molar-refractivity contribution in [1.82, 2.24) is 9.62 Å². The molecular weight excluding hydrogens is 412 g/mol. The van der Waals surface area contributed by atoms with E-state index in [4.69, 9.17) is 4.74 Å². The van der Waals surface area contributed by atoms with Gasteiger partial charge in [-0.15, -0.1) is 0 Å². The van der Waals surface area contributed by atoms with Gasteiger partial charge in [0.15, 0.2) is 0 Å². The monoisotopic (exact) mass is 446 g/mol. The lowest BCUT2D eigenvalue weighted by Crippen LogP contribution is -2.42. The van der Waals surface area contributed by atoms with Crippen LogP contribution in [0.15, 0.2) is 28.7 Å². The first-order valence-corrected chi connectivity index (χ1v) is 13.0. The summed E-state index contributed by atoms with van der Waals surface area (Å²) in [5.41, 5.74) is 2.56. The van der Waals surface area contributed by atoms with Gasteiger partial charge in [-0.25, -0.2) is 8.42 Å². The Labute approximate surface area is 186 Å². The van der Waals surface area contributed by atoms with E-state index in [0.29, 0.717) is 54.3 Å². The van der Waals surface area contributed by atoms with Gasteiger partial charge in [-0.1, -0.05) is 19.9 Å². The summed E-state index contributed by atoms with van der Waals surface area (Å²) in [6.45, 7) is 7.66. The highest BCUT2D eigenvalue weighted by molar-refractivity contribution is 7.89. The summed E-state index contributed by atoms with van der Waals surface area (Å²) in [4.78, 5) is 13.0. The number of carbonyl (C=O) groups excluding carboxylic acids is 1. The zero-order valence-electron chi connectivity index (χ0n) is 18.6. The van der Waals surface area contributed by atoms with Crippen molar-refractivity contribution in [3.05, 3.63) is 34.9 Å². The molecule has 31 heavy (non-hydrogen) atoms. The highest BCUT2D eigenvalue weighted by atomic mass is 32.2. The first kappa shape index (κ1) is 22.5. The van der Waals surface area contributed by atoms with Gasteiger partial charge in [0.05, 0.1) is 4.90 Å². The van der Waals surface area contributed by atoms with E-state index >= 15 is 0 Å². The number of fused-ring (bicyclic) bond motifs is 1. The van der Waals surface area contributed by atoms with Gasteiger partial charge in [-0.05, 0) is 72.8 Å². The van der Waals surface area contributed by atoms with Crippen molar-refractivity contribution < 1.29 is 17.9 Å². The maximum Gasteiger partial charge on any atom is 0.247 e. The standard InChI is InChI=1S/C24H34N2O4S/c1-17-11-18(2)16-26(15-17)31(28,29)23-4-3-20-12-22(13-21(20)14-23)24(27)25-8-5-19-6-9-30-10-7-19/h3-4,13-14,17-19H,5-12,15-16H2,1-2H3,(H,25,27). The number of piperidine rings is 1. The minimum Gasteiger partial charge on any atom is -0.381 e. The minimum atomic E-state index is -3.52. The predicted octanol–water partition coefficient (Wildman–Crippen LogP) is 3.23. The molecule has 2 saturated heterocycles. The third-order valence-electron chi connectivity index (χ3n) is 6.77. The molecule has 0 spiro atoms. The average Bonchev–Trinajstić information content (AvgIpc) is 3.17. The number of ether oxygens (including phenoxy) is 1. The fourth-order valence-electron chi connectivity index (χ4n) is 5.11. The molecule has 2 unspecified atom stereocenters. The largest absolute Gasteiger partial charge is 0.381 e. The molecule has 1 aromatic carbocycles. The number of carbonyl (C=O) groups is 1. The number of hydrogen-bond donors (Lipinski definition) is 1. The van der Waals surface area contributed by atoms with E-state index in [-0.39, 0.29) is 5.91 Å². The van der Waals surface area contributed by atoms with Crippen LogP contribution in [0.2, 0.25) is 0 Å². The lowest BCUT2D eigenvalue weighted by atomic mass is 9.94. The Balaban J connectivity index is 1.40. The summed E-state index contributed by atoms with van der Waals surface area (Å²) in [5.74, 6) is 1.30. The van der Waals surface area contributed by atoms with Crippen LogP contribution in [0.5, 0.6) is 0 Å². The molecule has 2 heterocycles. The van der Waals surface area contributed by atoms with Crippen LogP contribution in [0.25, 0.3) is 6.08 Å². The highest BCUT2D eigenvalue weighted by Gasteiger charge is 2.32. The van der Waals surface area contributed by atoms with E-state index in [1.54, 1.807) is 16.4 Å². The molecule has 2 aliphatic heterocycles. The lowest BCUT2D eigenvalue weighted by molar-refractivity contribution is -0.117. The van der Waals surface area contributed by atoms with Crippen molar-refractivity contribution in [3.63, 3.8) is 0 Å². The van der Waals surface area contributed by atoms with Gasteiger partial charge in [-0.2, -0.15) is 4.31 Å². The summed E-state index contributed by atoms with van der Waals surface area (Å²) < 4.78 is 33.4. The molecule has 0 radical (unpaired) electrons. The topological polar surface area (TPSA) is 75.7 Å². The SMILES string of the molecule is CC1CC(C)CN(S(=O)(=O)c2ccc3c(c2)C=C(C(=O)NCCC2CCOCC2)C3)C1. The minimum absolute atomic E-state index is 0.0497. The van der Waals surface area contributed by atoms with Gasteiger partial charge in [0.1, 0.15) is 0 Å². The van der Waals surface area contributed by atoms with E-state index < -0.39 is 10.0 Å². The molecule has 170 valence electrons. The summed E-state index contributed by atoms with van der Waals surface area (Å²) in [6, 6.07) is 5.28. The van der Waals surface area contributed by atoms with Crippen molar-refractivity contribution in [1.29, 1.82) is 0 Å². The number of rotatable bonds is 6. The number of benzene rings is 1. The van der Waals surface area contributed by atoms with Gasteiger partial charge in [-0.3, -0.25) is 4.79 Å². The van der Waals surface area contributed by atoms with Crippen molar-refractivity contribution in [2.24, 2.45) is 17.8 Å². The second kappa shape index (κ2) is 9.43. The molecule has 0 bridgehead atoms. The van der Waals surface area contributed by atoms with Crippen LogP contribution in [0.1, 0.15) is 50.7 Å². The van der Waals surface area contributed by atoms with Gasteiger partial charge < -0.3 is 10.1 Å². The predicted molar refractivity (Wildman–Crippen MR) is 121 cm³/mol. The molecule has 7 heteroatoms. The molecular formula is C24H34N2O4S. The third kappa shape index (κ3) is 5.21. The fraction of sp³-hybridized carbons (Fsp3) is 0.625. The smallest absolute Gasteiger partial charge is 0.247 e. The summed E-state index contributed by atoms with van der Waals surface area (Å²) in [7, 11) is -3.52. The Morgan fingerprint density at radius 1 is 1.16 bits per heavy atom. The van der Waals surface area contributed by atoms with E-state index in [2.05, 4.69) is 19.2 Å². The Kier molecular flexibility index (Phi) is 6.84. The highest BCUT2D eigenvalue weighted by Crippen LogP contribution is 2.31. The van der Waals surface area contributed by atoms with Crippen LogP contribution in [0.3, 0.4) is 0 Å². The van der Waals surface area contributed by atoms with Gasteiger partial charge in [0.25, 0.3) is 0 Å². The molecule has 6 nitrogen and oxygen atoms in total. The maximum atomic E-state index is 13.2. The van der Waals surface area contributed by atoms with Crippen LogP contribution < -0.4 is 5.32 Å². The fourth-order valence-corrected chi connectivity index (χ4v) is 6.82. The average molecular weight is 447 g/mol. The summed E-state index contributed by atoms with van der Waals surface area (Å²) >= 11 is 0. The Morgan fingerprint density at radius 2 is 1.87 bits per heavy atom. The molecule has 2 atom stereocenters. The summed E-state index contributed by atoms with van der Waals surface area (Å²) in [6.07, 6.45) is 6.57. The van der Waals surface area contributed by atoms with Crippen LogP contribution >= 0.6 is 0 Å². The molecule has 3 aliphatic rings. The summed E-state index contributed by atoms with van der Waals surface area (Å²) in [5, 5.41) is 3.04. The van der Waals surface area contributed by atoms with Crippen molar-refractivity contribution in [2.45, 2.75) is 50.8 Å². The number of nitrogens with zero attached hydrogens (tertiary/aromatic N) is 1. The molecule has 1 N–H and O–H groups in total. The normalized spacial score (nSPS) is 25.2. The number of sulfonamides is 1. The molecule has 1 aliphatic carbocycles. The maximum absolute atomic E-state index is 13.2. The van der Waals surface area contributed by atoms with Crippen LogP contribution in [0, 0.1) is 17.8 Å². The van der Waals surface area contributed by atoms with E-state index in [1.807, 2.05) is 12.1 Å². The first-order chi connectivity index (χ1) is 14.8. The molecule has 1 aromatic rings. The van der Waals surface area contributed by atoms with Gasteiger partial charge >= 0.3 is 0 Å². The second-order valence-electron chi connectivity index (χ2n) is 9.58. The molecule has 2 fully saturated rings. The van der Waals surface area contributed by atoms with Crippen LogP contribution in [-0.2, 0) is 26.0 Å². The van der Waals surface area contributed by atoms with Crippen molar-refractivity contribution in [3.8, 4) is 0 Å². The number of nitrogens with one attached hydrogen (secondary N) is 1. The Morgan fingerprint density at radius 3 is 2.58 bits per heavy atom. The molecule has 0 saturated carbocycles. The second-order valence-corrected chi connectivity index (χ2v) is 11.5. The third-order valence-corrected chi connectivity index (χ3v) is 8.60. The zero-order valence-corrected chi connectivity index (χ0v) is 19.4. The zero-order chi connectivity index (χ0) is 22.0. The Bertz CT molecular complexity index is 940. The van der Waals surface area contributed by atoms with Crippen LogP contribution in [-0.4, -0.2) is 51.5 Å². The molecule has 4 rings (SSSR count). The van der Waals surface area contributed by atoms with E-state index in [9.17, 15) is 13.2 Å². The first-order valence-electron chi connectivity index (χ1n) is 11.5. The van der Waals surface area contributed by atoms with Gasteiger partial charge in [0, 0.05) is 44.8 Å². The van der Waals surface area contributed by atoms with Crippen molar-refractivity contribution >= 4 is 22.0 Å². The van der Waals surface area contributed by atoms with Crippen molar-refractivity contribution in [2.75, 3.05) is 32.8 Å². The van der Waals surface area contributed by atoms with E-state index in [1.165, 1.54) is 0 Å². The Hall–Kier alpha value is -1.70. The van der Waals surface area contributed by atoms with E-state index in [0.717, 1.165) is 50.0 Å². The lowest BCUT2D eigenvalue weighted by Gasteiger charge is -2.34. The van der Waals surface area contributed by atoms with Gasteiger partial charge in [0.2, 0.25) is 15.9 Å². The number of amides is 1. The molecule has 1 amide bonds. The van der Waals surface area contributed by atoms with Crippen LogP contribution in [0.4, 0.5) is 0 Å². The quantitative estimate of drug-likeness (QED) is 0.728.